The fourth-order valence-electron chi connectivity index (χ4n) is 4.15. The summed E-state index contributed by atoms with van der Waals surface area (Å²) in [4.78, 5) is 15.0. The van der Waals surface area contributed by atoms with E-state index in [1.54, 1.807) is 0 Å². The highest BCUT2D eigenvalue weighted by Crippen LogP contribution is 2.32. The minimum atomic E-state index is 0.0480. The Morgan fingerprint density at radius 1 is 1.13 bits per heavy atom. The highest BCUT2D eigenvalue weighted by molar-refractivity contribution is 6.00. The molecule has 4 heteroatoms. The van der Waals surface area contributed by atoms with Crippen molar-refractivity contribution >= 4 is 16.9 Å². The Balaban J connectivity index is 1.71. The molecule has 1 N–H and O–H groups in total. The van der Waals surface area contributed by atoms with Crippen molar-refractivity contribution in [1.29, 1.82) is 0 Å². The van der Waals surface area contributed by atoms with Gasteiger partial charge in [0.2, 0.25) is 0 Å². The van der Waals surface area contributed by atoms with E-state index >= 15 is 0 Å². The highest BCUT2D eigenvalue weighted by atomic mass is 16.3. The average Bonchev–Trinajstić information content (AvgIpc) is 3.03. The van der Waals surface area contributed by atoms with Crippen molar-refractivity contribution in [3.63, 3.8) is 0 Å². The average molecular weight is 312 g/mol. The summed E-state index contributed by atoms with van der Waals surface area (Å²) in [6.45, 7) is 7.74. The van der Waals surface area contributed by atoms with E-state index in [-0.39, 0.29) is 5.91 Å². The maximum atomic E-state index is 13.0. The van der Waals surface area contributed by atoms with Gasteiger partial charge < -0.3 is 14.6 Å². The molecule has 2 aromatic rings. The molecule has 2 aliphatic heterocycles. The van der Waals surface area contributed by atoms with E-state index in [4.69, 9.17) is 4.42 Å². The van der Waals surface area contributed by atoms with Crippen LogP contribution in [0.15, 0.2) is 16.5 Å². The fourth-order valence-corrected chi connectivity index (χ4v) is 4.15. The lowest BCUT2D eigenvalue weighted by Crippen LogP contribution is -2.39. The topological polar surface area (TPSA) is 45.5 Å². The van der Waals surface area contributed by atoms with Crippen LogP contribution in [0.4, 0.5) is 0 Å². The molecule has 2 unspecified atom stereocenters. The van der Waals surface area contributed by atoms with Crippen LogP contribution < -0.4 is 5.32 Å². The third-order valence-corrected chi connectivity index (χ3v) is 5.49. The molecular formula is C19H24N2O2. The lowest BCUT2D eigenvalue weighted by Gasteiger charge is -2.23. The lowest BCUT2D eigenvalue weighted by molar-refractivity contribution is 0.0717. The molecule has 1 amide bonds. The normalized spacial score (nSPS) is 24.2. The van der Waals surface area contributed by atoms with Crippen LogP contribution in [-0.2, 0) is 0 Å². The van der Waals surface area contributed by atoms with Crippen LogP contribution in [0.2, 0.25) is 0 Å². The molecule has 0 radical (unpaired) electrons. The van der Waals surface area contributed by atoms with Crippen molar-refractivity contribution in [2.75, 3.05) is 13.1 Å². The fraction of sp³-hybridized carbons (Fsp3) is 0.526. The van der Waals surface area contributed by atoms with E-state index in [1.807, 2.05) is 18.7 Å². The largest absolute Gasteiger partial charge is 0.450 e. The first-order chi connectivity index (χ1) is 11.0. The molecule has 0 saturated carbocycles. The molecule has 1 aromatic heterocycles. The molecule has 2 saturated heterocycles. The first-order valence-electron chi connectivity index (χ1n) is 8.59. The Labute approximate surface area is 136 Å². The molecule has 2 bridgehead atoms. The summed E-state index contributed by atoms with van der Waals surface area (Å²) in [5, 5.41) is 4.72. The highest BCUT2D eigenvalue weighted by Gasteiger charge is 2.33. The minimum absolute atomic E-state index is 0.0480. The molecule has 122 valence electrons. The van der Waals surface area contributed by atoms with Gasteiger partial charge in [0, 0.05) is 36.1 Å². The van der Waals surface area contributed by atoms with Gasteiger partial charge in [-0.15, -0.1) is 0 Å². The molecule has 1 aromatic carbocycles. The predicted molar refractivity (Wildman–Crippen MR) is 90.9 cm³/mol. The van der Waals surface area contributed by atoms with E-state index < -0.39 is 0 Å². The second-order valence-corrected chi connectivity index (χ2v) is 7.14. The number of aryl methyl sites for hydroxylation is 3. The van der Waals surface area contributed by atoms with Gasteiger partial charge in [-0.1, -0.05) is 12.1 Å². The van der Waals surface area contributed by atoms with E-state index in [9.17, 15) is 4.79 Å². The van der Waals surface area contributed by atoms with Gasteiger partial charge in [-0.2, -0.15) is 0 Å². The third-order valence-electron chi connectivity index (χ3n) is 5.49. The van der Waals surface area contributed by atoms with Gasteiger partial charge in [0.25, 0.3) is 5.91 Å². The molecule has 4 rings (SSSR count). The van der Waals surface area contributed by atoms with Gasteiger partial charge in [-0.3, -0.25) is 4.79 Å². The van der Waals surface area contributed by atoms with Crippen LogP contribution in [0.3, 0.4) is 0 Å². The molecular weight excluding hydrogens is 288 g/mol. The molecule has 2 atom stereocenters. The Hall–Kier alpha value is -1.81. The van der Waals surface area contributed by atoms with Gasteiger partial charge in [-0.25, -0.2) is 0 Å². The number of carbonyl (C=O) groups is 1. The summed E-state index contributed by atoms with van der Waals surface area (Å²) in [6.07, 6.45) is 3.46. The Bertz CT molecular complexity index is 777. The van der Waals surface area contributed by atoms with Crippen LogP contribution in [0.5, 0.6) is 0 Å². The molecule has 23 heavy (non-hydrogen) atoms. The molecule has 4 nitrogen and oxygen atoms in total. The van der Waals surface area contributed by atoms with Crippen LogP contribution >= 0.6 is 0 Å². The van der Waals surface area contributed by atoms with Crippen LogP contribution in [0, 0.1) is 20.8 Å². The van der Waals surface area contributed by atoms with Gasteiger partial charge in [0.05, 0.1) is 0 Å². The van der Waals surface area contributed by atoms with Crippen molar-refractivity contribution < 1.29 is 9.21 Å². The van der Waals surface area contributed by atoms with Crippen molar-refractivity contribution in [2.24, 2.45) is 0 Å². The smallest absolute Gasteiger partial charge is 0.289 e. The molecule has 0 aliphatic carbocycles. The number of fused-ring (bicyclic) bond motifs is 3. The second kappa shape index (κ2) is 5.38. The van der Waals surface area contributed by atoms with E-state index in [0.717, 1.165) is 41.6 Å². The summed E-state index contributed by atoms with van der Waals surface area (Å²) in [5.41, 5.74) is 4.10. The quantitative estimate of drug-likeness (QED) is 0.878. The van der Waals surface area contributed by atoms with Crippen LogP contribution in [-0.4, -0.2) is 36.0 Å². The monoisotopic (exact) mass is 312 g/mol. The van der Waals surface area contributed by atoms with Crippen LogP contribution in [0.1, 0.15) is 46.5 Å². The molecule has 0 spiro atoms. The number of hydrogen-bond donors (Lipinski definition) is 1. The zero-order chi connectivity index (χ0) is 16.1. The van der Waals surface area contributed by atoms with Gasteiger partial charge in [0.1, 0.15) is 5.58 Å². The standard InChI is InChI=1S/C19H24N2O2/c1-11-4-5-12(2)17-16(11)13(3)18(23-17)19(22)21-9-8-14-6-7-15(10-21)20-14/h4-5,14-15,20H,6-10H2,1-3H3. The van der Waals surface area contributed by atoms with Crippen LogP contribution in [0.25, 0.3) is 11.0 Å². The van der Waals surface area contributed by atoms with E-state index in [0.29, 0.717) is 17.8 Å². The van der Waals surface area contributed by atoms with Crippen molar-refractivity contribution in [3.05, 3.63) is 34.6 Å². The number of rotatable bonds is 1. The zero-order valence-electron chi connectivity index (χ0n) is 14.1. The van der Waals surface area contributed by atoms with Crippen molar-refractivity contribution in [2.45, 2.75) is 52.1 Å². The first-order valence-corrected chi connectivity index (χ1v) is 8.59. The zero-order valence-corrected chi connectivity index (χ0v) is 14.1. The predicted octanol–water partition coefficient (Wildman–Crippen LogP) is 3.32. The minimum Gasteiger partial charge on any atom is -0.450 e. The summed E-state index contributed by atoms with van der Waals surface area (Å²) < 4.78 is 6.03. The Morgan fingerprint density at radius 3 is 2.65 bits per heavy atom. The SMILES string of the molecule is Cc1ccc(C)c2c(C)c(C(=O)N3CCC4CCC(C3)N4)oc12. The Morgan fingerprint density at radius 2 is 1.87 bits per heavy atom. The maximum Gasteiger partial charge on any atom is 0.289 e. The number of carbonyl (C=O) groups excluding carboxylic acids is 1. The lowest BCUT2D eigenvalue weighted by atomic mass is 10.0. The first kappa shape index (κ1) is 14.8. The van der Waals surface area contributed by atoms with E-state index in [1.165, 1.54) is 18.4 Å². The van der Waals surface area contributed by atoms with Gasteiger partial charge >= 0.3 is 0 Å². The summed E-state index contributed by atoms with van der Waals surface area (Å²) in [7, 11) is 0. The number of nitrogens with one attached hydrogen (secondary N) is 1. The molecule has 2 fully saturated rings. The summed E-state index contributed by atoms with van der Waals surface area (Å²) in [5.74, 6) is 0.571. The molecule has 3 heterocycles. The number of likely N-dealkylation sites (tertiary alicyclic amines) is 1. The number of hydrogen-bond acceptors (Lipinski definition) is 3. The van der Waals surface area contributed by atoms with Gasteiger partial charge in [-0.05, 0) is 51.2 Å². The number of benzene rings is 1. The summed E-state index contributed by atoms with van der Waals surface area (Å²) >= 11 is 0. The number of nitrogens with zero attached hydrogens (tertiary/aromatic N) is 1. The number of amides is 1. The summed E-state index contributed by atoms with van der Waals surface area (Å²) in [6, 6.07) is 5.19. The second-order valence-electron chi connectivity index (χ2n) is 7.14. The van der Waals surface area contributed by atoms with Crippen molar-refractivity contribution in [3.8, 4) is 0 Å². The van der Waals surface area contributed by atoms with E-state index in [2.05, 4.69) is 24.4 Å². The van der Waals surface area contributed by atoms with Gasteiger partial charge in [0.15, 0.2) is 5.76 Å². The molecule has 2 aliphatic rings. The Kier molecular flexibility index (Phi) is 3.45. The number of furan rings is 1. The maximum absolute atomic E-state index is 13.0. The van der Waals surface area contributed by atoms with Crippen molar-refractivity contribution in [1.82, 2.24) is 10.2 Å². The third kappa shape index (κ3) is 2.36.